The zero-order valence-corrected chi connectivity index (χ0v) is 13.0. The summed E-state index contributed by atoms with van der Waals surface area (Å²) in [7, 11) is 0. The van der Waals surface area contributed by atoms with Gasteiger partial charge in [0, 0.05) is 11.1 Å². The van der Waals surface area contributed by atoms with E-state index in [4.69, 9.17) is 40.5 Å². The van der Waals surface area contributed by atoms with Gasteiger partial charge in [0.25, 0.3) is 0 Å². The number of nitrogen functional groups attached to an aromatic ring is 1. The molecule has 3 rings (SSSR count). The largest absolute Gasteiger partial charge is 0.399 e. The third-order valence-corrected chi connectivity index (χ3v) is 4.02. The molecule has 0 amide bonds. The number of hydrogen-bond donors (Lipinski definition) is 2. The molecule has 0 saturated heterocycles. The normalized spacial score (nSPS) is 10.8. The summed E-state index contributed by atoms with van der Waals surface area (Å²) in [4.78, 5) is 4.50. The van der Waals surface area contributed by atoms with Gasteiger partial charge in [0.1, 0.15) is 5.82 Å². The Bertz CT molecular complexity index is 834. The van der Waals surface area contributed by atoms with Crippen LogP contribution in [0.15, 0.2) is 42.5 Å². The Morgan fingerprint density at radius 2 is 1.62 bits per heavy atom. The summed E-state index contributed by atoms with van der Waals surface area (Å²) in [5, 5.41) is 5.42. The molecule has 0 atom stereocenters. The summed E-state index contributed by atoms with van der Waals surface area (Å²) in [6.07, 6.45) is 0. The molecule has 3 nitrogen and oxygen atoms in total. The Balaban J connectivity index is 1.98. The van der Waals surface area contributed by atoms with E-state index in [1.807, 2.05) is 30.3 Å². The van der Waals surface area contributed by atoms with Crippen molar-refractivity contribution in [3.8, 4) is 0 Å². The van der Waals surface area contributed by atoms with Gasteiger partial charge in [-0.1, -0.05) is 34.8 Å². The van der Waals surface area contributed by atoms with Crippen LogP contribution in [-0.2, 0) is 0 Å². The molecule has 0 radical (unpaired) electrons. The van der Waals surface area contributed by atoms with Gasteiger partial charge in [-0.3, -0.25) is 0 Å². The Morgan fingerprint density at radius 1 is 0.857 bits per heavy atom. The Morgan fingerprint density at radius 3 is 2.43 bits per heavy atom. The molecule has 0 bridgehead atoms. The molecule has 0 aliphatic carbocycles. The molecule has 1 heterocycles. The highest BCUT2D eigenvalue weighted by Crippen LogP contribution is 2.33. The summed E-state index contributed by atoms with van der Waals surface area (Å²) in [6.45, 7) is 0. The van der Waals surface area contributed by atoms with E-state index in [2.05, 4.69) is 10.3 Å². The third-order valence-electron chi connectivity index (χ3n) is 2.99. The smallest absolute Gasteiger partial charge is 0.131 e. The molecule has 3 aromatic rings. The monoisotopic (exact) mass is 337 g/mol. The van der Waals surface area contributed by atoms with Gasteiger partial charge in [-0.2, -0.15) is 0 Å². The minimum atomic E-state index is 0.411. The lowest BCUT2D eigenvalue weighted by Gasteiger charge is -2.10. The van der Waals surface area contributed by atoms with Crippen molar-refractivity contribution in [1.82, 2.24) is 4.98 Å². The second-order valence-corrected chi connectivity index (χ2v) is 5.74. The minimum Gasteiger partial charge on any atom is -0.399 e. The number of nitrogens with two attached hydrogens (primary N) is 1. The van der Waals surface area contributed by atoms with Crippen LogP contribution in [0.1, 0.15) is 0 Å². The van der Waals surface area contributed by atoms with Gasteiger partial charge in [0.05, 0.1) is 26.3 Å². The molecule has 0 fully saturated rings. The van der Waals surface area contributed by atoms with Crippen LogP contribution in [0, 0.1) is 0 Å². The number of benzene rings is 2. The molecule has 0 saturated carbocycles. The molecule has 0 spiro atoms. The number of pyridine rings is 1. The maximum absolute atomic E-state index is 6.14. The van der Waals surface area contributed by atoms with Crippen LogP contribution in [0.2, 0.25) is 15.1 Å². The van der Waals surface area contributed by atoms with Crippen LogP contribution in [0.4, 0.5) is 17.2 Å². The highest BCUT2D eigenvalue weighted by Gasteiger charge is 2.07. The van der Waals surface area contributed by atoms with E-state index in [-0.39, 0.29) is 0 Å². The van der Waals surface area contributed by atoms with Crippen molar-refractivity contribution in [2.75, 3.05) is 11.1 Å². The fourth-order valence-electron chi connectivity index (χ4n) is 1.97. The number of nitrogens with one attached hydrogen (secondary N) is 1. The number of halogens is 3. The number of anilines is 3. The number of nitrogens with zero attached hydrogens (tertiary/aromatic N) is 1. The van der Waals surface area contributed by atoms with Crippen LogP contribution >= 0.6 is 34.8 Å². The maximum atomic E-state index is 6.14. The molecule has 0 aliphatic rings. The minimum absolute atomic E-state index is 0.411. The molecular weight excluding hydrogens is 329 g/mol. The van der Waals surface area contributed by atoms with Crippen molar-refractivity contribution in [1.29, 1.82) is 0 Å². The first kappa shape index (κ1) is 14.3. The van der Waals surface area contributed by atoms with E-state index in [0.717, 1.165) is 10.9 Å². The topological polar surface area (TPSA) is 50.9 Å². The van der Waals surface area contributed by atoms with Gasteiger partial charge in [0.2, 0.25) is 0 Å². The average molecular weight is 339 g/mol. The maximum Gasteiger partial charge on any atom is 0.131 e. The summed E-state index contributed by atoms with van der Waals surface area (Å²) < 4.78 is 0. The molecule has 0 unspecified atom stereocenters. The standard InChI is InChI=1S/C15H10Cl3N3/c16-10-6-12(18)14(7-11(10)17)21-15-4-1-8-5-9(19)2-3-13(8)20-15/h1-7H,19H2,(H,20,21). The SMILES string of the molecule is Nc1ccc2nc(Nc3cc(Cl)c(Cl)cc3Cl)ccc2c1. The highest BCUT2D eigenvalue weighted by molar-refractivity contribution is 6.44. The quantitative estimate of drug-likeness (QED) is 0.478. The predicted molar refractivity (Wildman–Crippen MR) is 90.9 cm³/mol. The lowest BCUT2D eigenvalue weighted by Crippen LogP contribution is -1.95. The Kier molecular flexibility index (Phi) is 3.81. The summed E-state index contributed by atoms with van der Waals surface area (Å²) in [5.74, 6) is 0.660. The van der Waals surface area contributed by atoms with Crippen LogP contribution in [0.25, 0.3) is 10.9 Å². The zero-order chi connectivity index (χ0) is 15.0. The van der Waals surface area contributed by atoms with Gasteiger partial charge in [-0.05, 0) is 42.5 Å². The van der Waals surface area contributed by atoms with Crippen LogP contribution in [-0.4, -0.2) is 4.98 Å². The fraction of sp³-hybridized carbons (Fsp3) is 0. The second-order valence-electron chi connectivity index (χ2n) is 4.52. The second kappa shape index (κ2) is 5.60. The van der Waals surface area contributed by atoms with Crippen molar-refractivity contribution >= 4 is 62.9 Å². The van der Waals surface area contributed by atoms with Gasteiger partial charge >= 0.3 is 0 Å². The van der Waals surface area contributed by atoms with Gasteiger partial charge < -0.3 is 11.1 Å². The van der Waals surface area contributed by atoms with Crippen molar-refractivity contribution < 1.29 is 0 Å². The fourth-order valence-corrected chi connectivity index (χ4v) is 2.56. The van der Waals surface area contributed by atoms with Gasteiger partial charge in [-0.25, -0.2) is 4.98 Å². The average Bonchev–Trinajstić information content (AvgIpc) is 2.45. The lowest BCUT2D eigenvalue weighted by atomic mass is 10.2. The number of fused-ring (bicyclic) bond motifs is 1. The first-order valence-electron chi connectivity index (χ1n) is 6.11. The van der Waals surface area contributed by atoms with E-state index in [1.165, 1.54) is 0 Å². The molecule has 2 aromatic carbocycles. The molecule has 106 valence electrons. The van der Waals surface area contributed by atoms with Gasteiger partial charge in [0.15, 0.2) is 0 Å². The molecule has 6 heteroatoms. The Hall–Kier alpha value is -1.68. The number of hydrogen-bond acceptors (Lipinski definition) is 3. The predicted octanol–water partition coefficient (Wildman–Crippen LogP) is 5.52. The highest BCUT2D eigenvalue weighted by atomic mass is 35.5. The van der Waals surface area contributed by atoms with E-state index in [9.17, 15) is 0 Å². The van der Waals surface area contributed by atoms with Gasteiger partial charge in [-0.15, -0.1) is 0 Å². The van der Waals surface area contributed by atoms with E-state index >= 15 is 0 Å². The molecular formula is C15H10Cl3N3. The molecule has 1 aromatic heterocycles. The Labute approximate surface area is 136 Å². The van der Waals surface area contributed by atoms with E-state index in [0.29, 0.717) is 32.3 Å². The van der Waals surface area contributed by atoms with Crippen molar-refractivity contribution in [3.05, 3.63) is 57.5 Å². The lowest BCUT2D eigenvalue weighted by molar-refractivity contribution is 1.37. The first-order chi connectivity index (χ1) is 10.0. The van der Waals surface area contributed by atoms with Crippen LogP contribution < -0.4 is 11.1 Å². The van der Waals surface area contributed by atoms with Crippen LogP contribution in [0.3, 0.4) is 0 Å². The molecule has 0 aliphatic heterocycles. The number of aromatic nitrogens is 1. The molecule has 21 heavy (non-hydrogen) atoms. The van der Waals surface area contributed by atoms with Crippen molar-refractivity contribution in [3.63, 3.8) is 0 Å². The van der Waals surface area contributed by atoms with E-state index in [1.54, 1.807) is 12.1 Å². The third kappa shape index (κ3) is 3.00. The van der Waals surface area contributed by atoms with Crippen LogP contribution in [0.5, 0.6) is 0 Å². The summed E-state index contributed by atoms with van der Waals surface area (Å²) in [5.41, 5.74) is 7.94. The van der Waals surface area contributed by atoms with Crippen molar-refractivity contribution in [2.24, 2.45) is 0 Å². The van der Waals surface area contributed by atoms with Crippen molar-refractivity contribution in [2.45, 2.75) is 0 Å². The number of rotatable bonds is 2. The zero-order valence-electron chi connectivity index (χ0n) is 10.7. The van der Waals surface area contributed by atoms with E-state index < -0.39 is 0 Å². The molecule has 3 N–H and O–H groups in total. The first-order valence-corrected chi connectivity index (χ1v) is 7.24. The summed E-state index contributed by atoms with van der Waals surface area (Å²) >= 11 is 18.1. The summed E-state index contributed by atoms with van der Waals surface area (Å²) in [6, 6.07) is 12.6.